The Balaban J connectivity index is 1.38. The van der Waals surface area contributed by atoms with Gasteiger partial charge in [-0.3, -0.25) is 15.0 Å². The summed E-state index contributed by atoms with van der Waals surface area (Å²) in [7, 11) is 0. The number of pyridine rings is 1. The Labute approximate surface area is 163 Å². The van der Waals surface area contributed by atoms with E-state index in [0.717, 1.165) is 41.4 Å². The van der Waals surface area contributed by atoms with Crippen LogP contribution in [0.2, 0.25) is 0 Å². The van der Waals surface area contributed by atoms with Gasteiger partial charge in [0.1, 0.15) is 0 Å². The fraction of sp³-hybridized carbons (Fsp3) is 0.429. The van der Waals surface area contributed by atoms with Gasteiger partial charge in [0.05, 0.1) is 36.3 Å². The molecule has 0 radical (unpaired) electrons. The molecule has 28 heavy (non-hydrogen) atoms. The van der Waals surface area contributed by atoms with E-state index in [1.54, 1.807) is 30.7 Å². The highest BCUT2D eigenvalue weighted by Crippen LogP contribution is 2.30. The maximum absolute atomic E-state index is 14.7. The van der Waals surface area contributed by atoms with E-state index < -0.39 is 5.92 Å². The molecule has 3 heterocycles. The van der Waals surface area contributed by atoms with Crippen molar-refractivity contribution in [2.24, 2.45) is 0 Å². The van der Waals surface area contributed by atoms with E-state index in [-0.39, 0.29) is 18.2 Å². The topological polar surface area (TPSA) is 56.8 Å². The largest absolute Gasteiger partial charge is 0.380 e. The number of aromatic nitrogens is 3. The summed E-state index contributed by atoms with van der Waals surface area (Å²) in [5.41, 5.74) is 2.91. The predicted molar refractivity (Wildman–Crippen MR) is 107 cm³/mol. The van der Waals surface area contributed by atoms with Crippen LogP contribution in [0, 0.1) is 6.92 Å². The van der Waals surface area contributed by atoms with Gasteiger partial charge in [-0.25, -0.2) is 0 Å². The molecule has 1 aliphatic heterocycles. The van der Waals surface area contributed by atoms with E-state index in [0.29, 0.717) is 13.1 Å². The molecular weight excluding hydrogens is 360 g/mol. The van der Waals surface area contributed by atoms with Gasteiger partial charge in [0, 0.05) is 23.5 Å². The third kappa shape index (κ3) is 4.14. The molecule has 0 saturated carbocycles. The third-order valence-corrected chi connectivity index (χ3v) is 5.44. The Morgan fingerprint density at radius 1 is 1.14 bits per heavy atom. The van der Waals surface area contributed by atoms with Gasteiger partial charge in [-0.15, -0.1) is 0 Å². The van der Waals surface area contributed by atoms with Gasteiger partial charge in [0.25, 0.3) is 5.92 Å². The molecule has 1 saturated heterocycles. The zero-order valence-corrected chi connectivity index (χ0v) is 16.0. The average molecular weight is 385 g/mol. The van der Waals surface area contributed by atoms with Gasteiger partial charge in [-0.05, 0) is 32.7 Å². The van der Waals surface area contributed by atoms with Gasteiger partial charge in [-0.1, -0.05) is 29.8 Å². The number of hydrogen-bond acceptors (Lipinski definition) is 4. The molecule has 1 aliphatic rings. The molecule has 1 atom stereocenters. The number of nitrogens with one attached hydrogen (secondary N) is 2. The number of alkyl halides is 2. The van der Waals surface area contributed by atoms with Gasteiger partial charge in [-0.2, -0.15) is 13.9 Å². The lowest BCUT2D eigenvalue weighted by Gasteiger charge is -2.26. The molecule has 7 heteroatoms. The molecule has 0 amide bonds. The number of hydrogen-bond donors (Lipinski definition) is 2. The lowest BCUT2D eigenvalue weighted by atomic mass is 10.1. The van der Waals surface area contributed by atoms with Crippen LogP contribution >= 0.6 is 0 Å². The van der Waals surface area contributed by atoms with Crippen molar-refractivity contribution in [3.8, 4) is 0 Å². The number of likely N-dealkylation sites (tertiary alicyclic amines) is 1. The molecule has 2 aromatic heterocycles. The zero-order chi connectivity index (χ0) is 19.6. The monoisotopic (exact) mass is 385 g/mol. The third-order valence-electron chi connectivity index (χ3n) is 5.44. The summed E-state index contributed by atoms with van der Waals surface area (Å²) in [6.45, 7) is 3.01. The van der Waals surface area contributed by atoms with Gasteiger partial charge < -0.3 is 5.32 Å². The number of aryl methyl sites for hydroxylation is 1. The van der Waals surface area contributed by atoms with E-state index in [1.807, 2.05) is 11.8 Å². The van der Waals surface area contributed by atoms with Gasteiger partial charge in [0.2, 0.25) is 0 Å². The van der Waals surface area contributed by atoms with Gasteiger partial charge in [0.15, 0.2) is 0 Å². The summed E-state index contributed by atoms with van der Waals surface area (Å²) >= 11 is 0. The minimum atomic E-state index is -2.84. The molecule has 148 valence electrons. The van der Waals surface area contributed by atoms with E-state index >= 15 is 0 Å². The fourth-order valence-electron chi connectivity index (χ4n) is 3.83. The minimum Gasteiger partial charge on any atom is -0.380 e. The SMILES string of the molecule is Cc1ccc(C(F)(F)CN2CCCC(Nc3cncc4[nH]ncc34)CC2)cc1. The summed E-state index contributed by atoms with van der Waals surface area (Å²) < 4.78 is 29.4. The lowest BCUT2D eigenvalue weighted by molar-refractivity contribution is -0.0372. The lowest BCUT2D eigenvalue weighted by Crippen LogP contribution is -2.36. The standard InChI is InChI=1S/C21H25F2N5/c1-15-4-6-16(7-5-15)21(22,23)14-28-9-2-3-17(8-10-28)26-19-12-24-13-20-18(19)11-25-27-20/h4-7,11-13,17,26H,2-3,8-10,14H2,1H3,(H,25,27). The Hall–Kier alpha value is -2.54. The molecule has 1 aromatic carbocycles. The number of H-pyrrole nitrogens is 1. The molecular formula is C21H25F2N5. The smallest absolute Gasteiger partial charge is 0.285 e. The van der Waals surface area contributed by atoms with Crippen LogP contribution in [-0.4, -0.2) is 45.8 Å². The van der Waals surface area contributed by atoms with Crippen molar-refractivity contribution in [1.29, 1.82) is 0 Å². The molecule has 0 spiro atoms. The number of rotatable bonds is 5. The van der Waals surface area contributed by atoms with Crippen molar-refractivity contribution in [3.63, 3.8) is 0 Å². The van der Waals surface area contributed by atoms with Crippen molar-refractivity contribution in [3.05, 3.63) is 54.0 Å². The fourth-order valence-corrected chi connectivity index (χ4v) is 3.83. The molecule has 1 unspecified atom stereocenters. The molecule has 0 aliphatic carbocycles. The second kappa shape index (κ2) is 7.83. The zero-order valence-electron chi connectivity index (χ0n) is 16.0. The first-order valence-electron chi connectivity index (χ1n) is 9.72. The second-order valence-corrected chi connectivity index (χ2v) is 7.64. The highest BCUT2D eigenvalue weighted by molar-refractivity contribution is 5.89. The van der Waals surface area contributed by atoms with Crippen LogP contribution in [0.25, 0.3) is 10.9 Å². The molecule has 2 N–H and O–H groups in total. The quantitative estimate of drug-likeness (QED) is 0.687. The summed E-state index contributed by atoms with van der Waals surface area (Å²) in [6.07, 6.45) is 7.97. The summed E-state index contributed by atoms with van der Waals surface area (Å²) in [5.74, 6) is -2.84. The van der Waals surface area contributed by atoms with E-state index in [2.05, 4.69) is 20.5 Å². The van der Waals surface area contributed by atoms with Crippen LogP contribution in [-0.2, 0) is 5.92 Å². The molecule has 3 aromatic rings. The number of fused-ring (bicyclic) bond motifs is 1. The number of halogens is 2. The van der Waals surface area contributed by atoms with Crippen molar-refractivity contribution in [2.45, 2.75) is 38.2 Å². The highest BCUT2D eigenvalue weighted by Gasteiger charge is 2.34. The van der Waals surface area contributed by atoms with Crippen LogP contribution in [0.15, 0.2) is 42.9 Å². The van der Waals surface area contributed by atoms with E-state index in [1.165, 1.54) is 12.1 Å². The summed E-state index contributed by atoms with van der Waals surface area (Å²) in [5, 5.41) is 11.5. The van der Waals surface area contributed by atoms with Crippen LogP contribution in [0.1, 0.15) is 30.4 Å². The Morgan fingerprint density at radius 2 is 1.96 bits per heavy atom. The van der Waals surface area contributed by atoms with Crippen LogP contribution in [0.5, 0.6) is 0 Å². The van der Waals surface area contributed by atoms with Crippen LogP contribution in [0.4, 0.5) is 14.5 Å². The highest BCUT2D eigenvalue weighted by atomic mass is 19.3. The predicted octanol–water partition coefficient (Wildman–Crippen LogP) is 4.32. The van der Waals surface area contributed by atoms with Crippen molar-refractivity contribution in [2.75, 3.05) is 25.0 Å². The maximum atomic E-state index is 14.7. The second-order valence-electron chi connectivity index (χ2n) is 7.64. The first-order chi connectivity index (χ1) is 13.5. The molecule has 5 nitrogen and oxygen atoms in total. The average Bonchev–Trinajstić information content (AvgIpc) is 3.06. The maximum Gasteiger partial charge on any atom is 0.285 e. The van der Waals surface area contributed by atoms with Crippen molar-refractivity contribution >= 4 is 16.6 Å². The van der Waals surface area contributed by atoms with Crippen molar-refractivity contribution in [1.82, 2.24) is 20.1 Å². The Kier molecular flexibility index (Phi) is 5.26. The molecule has 1 fully saturated rings. The van der Waals surface area contributed by atoms with Crippen LogP contribution in [0.3, 0.4) is 0 Å². The first-order valence-corrected chi connectivity index (χ1v) is 9.72. The van der Waals surface area contributed by atoms with Crippen molar-refractivity contribution < 1.29 is 8.78 Å². The number of aromatic amines is 1. The summed E-state index contributed by atoms with van der Waals surface area (Å²) in [4.78, 5) is 6.12. The van der Waals surface area contributed by atoms with Crippen LogP contribution < -0.4 is 5.32 Å². The number of anilines is 1. The van der Waals surface area contributed by atoms with E-state index in [9.17, 15) is 8.78 Å². The van der Waals surface area contributed by atoms with E-state index in [4.69, 9.17) is 0 Å². The minimum absolute atomic E-state index is 0.0923. The number of benzene rings is 1. The van der Waals surface area contributed by atoms with Gasteiger partial charge >= 0.3 is 0 Å². The Bertz CT molecular complexity index is 922. The molecule has 0 bridgehead atoms. The Morgan fingerprint density at radius 3 is 2.79 bits per heavy atom. The summed E-state index contributed by atoms with van der Waals surface area (Å²) in [6, 6.07) is 6.80. The number of nitrogens with zero attached hydrogens (tertiary/aromatic N) is 3. The molecule has 4 rings (SSSR count). The normalized spacial score (nSPS) is 18.9. The first kappa shape index (κ1) is 18.8.